The molecule has 0 saturated heterocycles. The molecule has 0 aliphatic heterocycles. The maximum absolute atomic E-state index is 14.4. The van der Waals surface area contributed by atoms with Gasteiger partial charge in [-0.15, -0.1) is 0 Å². The van der Waals surface area contributed by atoms with E-state index in [0.717, 1.165) is 50.5 Å². The number of aliphatic hydroxyl groups is 2. The molecule has 4 rings (SSSR count). The Balaban J connectivity index is 0.000000569. The van der Waals surface area contributed by atoms with E-state index in [-0.39, 0.29) is 12.0 Å². The van der Waals surface area contributed by atoms with E-state index in [1.54, 1.807) is 0 Å². The number of hydrogen-bond donors (Lipinski definition) is 3. The van der Waals surface area contributed by atoms with Gasteiger partial charge in [-0.2, -0.15) is 0 Å². The van der Waals surface area contributed by atoms with Crippen LogP contribution in [0.5, 0.6) is 0 Å². The quantitative estimate of drug-likeness (QED) is 0.626. The molecule has 3 nitrogen and oxygen atoms in total. The number of aliphatic hydroxyl groups excluding tert-OH is 1. The van der Waals surface area contributed by atoms with Crippen molar-refractivity contribution in [2.24, 2.45) is 17.3 Å². The minimum atomic E-state index is -0.858. The third-order valence-electron chi connectivity index (χ3n) is 7.12. The van der Waals surface area contributed by atoms with E-state index in [4.69, 9.17) is 0 Å². The predicted molar refractivity (Wildman–Crippen MR) is 99.0 cm³/mol. The van der Waals surface area contributed by atoms with Crippen molar-refractivity contribution < 1.29 is 14.6 Å². The van der Waals surface area contributed by atoms with E-state index in [9.17, 15) is 14.6 Å². The van der Waals surface area contributed by atoms with Gasteiger partial charge in [-0.1, -0.05) is 24.6 Å². The maximum atomic E-state index is 14.4. The molecule has 4 aliphatic carbocycles. The third-order valence-corrected chi connectivity index (χ3v) is 7.12. The van der Waals surface area contributed by atoms with Gasteiger partial charge in [-0.3, -0.25) is 0 Å². The van der Waals surface area contributed by atoms with Crippen LogP contribution < -0.4 is 5.32 Å². The molecule has 2 fully saturated rings. The molecule has 2 saturated carbocycles. The number of rotatable bonds is 0. The van der Waals surface area contributed by atoms with Gasteiger partial charge in [0, 0.05) is 11.3 Å². The normalized spacial score (nSPS) is 45.7. The molecule has 142 valence electrons. The fourth-order valence-corrected chi connectivity index (χ4v) is 5.68. The van der Waals surface area contributed by atoms with E-state index >= 15 is 0 Å². The van der Waals surface area contributed by atoms with Crippen LogP contribution in [0.2, 0.25) is 0 Å². The fraction of sp³-hybridized carbons (Fsp3) is 0.810. The summed E-state index contributed by atoms with van der Waals surface area (Å²) in [5, 5.41) is 24.2. The van der Waals surface area contributed by atoms with E-state index in [2.05, 4.69) is 17.5 Å². The zero-order valence-corrected chi connectivity index (χ0v) is 15.9. The number of allylic oxidation sites excluding steroid dienone is 1. The Kier molecular flexibility index (Phi) is 5.44. The summed E-state index contributed by atoms with van der Waals surface area (Å²) in [6.07, 6.45) is 9.67. The monoisotopic (exact) mass is 351 g/mol. The van der Waals surface area contributed by atoms with Crippen molar-refractivity contribution in [2.45, 2.75) is 76.2 Å². The van der Waals surface area contributed by atoms with Crippen molar-refractivity contribution >= 4 is 0 Å². The van der Waals surface area contributed by atoms with E-state index in [1.165, 1.54) is 5.57 Å². The van der Waals surface area contributed by atoms with E-state index in [1.807, 2.05) is 21.0 Å². The minimum absolute atomic E-state index is 0.0388. The molecule has 0 aromatic heterocycles. The van der Waals surface area contributed by atoms with Crippen LogP contribution in [0.25, 0.3) is 0 Å². The van der Waals surface area contributed by atoms with Crippen LogP contribution in [0.3, 0.4) is 0 Å². The van der Waals surface area contributed by atoms with Gasteiger partial charge >= 0.3 is 0 Å². The minimum Gasteiger partial charge on any atom is -0.393 e. The largest absolute Gasteiger partial charge is 0.393 e. The van der Waals surface area contributed by atoms with Gasteiger partial charge in [-0.05, 0) is 77.0 Å². The molecule has 0 spiro atoms. The molecular weight excluding hydrogens is 317 g/mol. The predicted octanol–water partition coefficient (Wildman–Crippen LogP) is 3.52. The lowest BCUT2D eigenvalue weighted by Gasteiger charge is -2.47. The van der Waals surface area contributed by atoms with E-state index < -0.39 is 17.2 Å². The van der Waals surface area contributed by atoms with Gasteiger partial charge < -0.3 is 15.5 Å². The van der Waals surface area contributed by atoms with Crippen molar-refractivity contribution in [3.63, 3.8) is 0 Å². The Morgan fingerprint density at radius 2 is 1.88 bits per heavy atom. The van der Waals surface area contributed by atoms with Crippen LogP contribution in [0, 0.1) is 17.3 Å². The molecule has 4 aliphatic rings. The first-order chi connectivity index (χ1) is 11.8. The summed E-state index contributed by atoms with van der Waals surface area (Å²) in [5.41, 5.74) is 1.06. The molecule has 0 aromatic rings. The number of alkyl halides is 1. The Morgan fingerprint density at radius 3 is 2.60 bits per heavy atom. The van der Waals surface area contributed by atoms with Crippen LogP contribution in [0.1, 0.15) is 58.3 Å². The van der Waals surface area contributed by atoms with Gasteiger partial charge in [0.15, 0.2) is 0 Å². The number of hydrogen-bond acceptors (Lipinski definition) is 3. The summed E-state index contributed by atoms with van der Waals surface area (Å²) in [7, 11) is 3.75. The zero-order valence-electron chi connectivity index (χ0n) is 15.9. The highest BCUT2D eigenvalue weighted by Gasteiger charge is 2.58. The SMILES string of the molecule is CC12CC=C3C=C4CC(O)CCC4CC[C@]3(O)C1CCC2F.CNC. The molecule has 5 unspecified atom stereocenters. The molecule has 0 bridgehead atoms. The molecule has 0 radical (unpaired) electrons. The summed E-state index contributed by atoms with van der Waals surface area (Å²) in [5.74, 6) is 0.532. The van der Waals surface area contributed by atoms with Gasteiger partial charge in [0.1, 0.15) is 6.17 Å². The lowest BCUT2D eigenvalue weighted by molar-refractivity contribution is -0.0583. The second kappa shape index (κ2) is 7.13. The number of nitrogens with one attached hydrogen (secondary N) is 1. The van der Waals surface area contributed by atoms with Gasteiger partial charge in [0.2, 0.25) is 0 Å². The van der Waals surface area contributed by atoms with Crippen molar-refractivity contribution in [3.8, 4) is 0 Å². The first kappa shape index (κ1) is 19.1. The molecule has 0 heterocycles. The molecule has 25 heavy (non-hydrogen) atoms. The topological polar surface area (TPSA) is 52.5 Å². The maximum Gasteiger partial charge on any atom is 0.106 e. The van der Waals surface area contributed by atoms with Crippen molar-refractivity contribution in [3.05, 3.63) is 23.3 Å². The van der Waals surface area contributed by atoms with Crippen LogP contribution in [0.15, 0.2) is 23.3 Å². The highest BCUT2D eigenvalue weighted by Crippen LogP contribution is 2.59. The highest BCUT2D eigenvalue weighted by atomic mass is 19.1. The van der Waals surface area contributed by atoms with Gasteiger partial charge in [0.05, 0.1) is 11.7 Å². The lowest BCUT2D eigenvalue weighted by atomic mass is 9.61. The molecule has 0 aromatic carbocycles. The van der Waals surface area contributed by atoms with Gasteiger partial charge in [-0.25, -0.2) is 4.39 Å². The van der Waals surface area contributed by atoms with Gasteiger partial charge in [0.25, 0.3) is 0 Å². The molecule has 6 atom stereocenters. The number of halogens is 1. The lowest BCUT2D eigenvalue weighted by Crippen LogP contribution is -2.49. The van der Waals surface area contributed by atoms with Crippen LogP contribution in [-0.2, 0) is 0 Å². The van der Waals surface area contributed by atoms with Crippen molar-refractivity contribution in [1.82, 2.24) is 5.32 Å². The summed E-state index contributed by atoms with van der Waals surface area (Å²) < 4.78 is 14.4. The van der Waals surface area contributed by atoms with Crippen molar-refractivity contribution in [1.29, 1.82) is 0 Å². The molecular formula is C21H34FNO2. The first-order valence-corrected chi connectivity index (χ1v) is 9.89. The fourth-order valence-electron chi connectivity index (χ4n) is 5.68. The number of fused-ring (bicyclic) bond motifs is 4. The Morgan fingerprint density at radius 1 is 1.16 bits per heavy atom. The molecule has 3 N–H and O–H groups in total. The van der Waals surface area contributed by atoms with Crippen LogP contribution in [0.4, 0.5) is 4.39 Å². The Bertz CT molecular complexity index is 560. The second-order valence-corrected chi connectivity index (χ2v) is 8.78. The zero-order chi connectivity index (χ0) is 18.2. The summed E-state index contributed by atoms with van der Waals surface area (Å²) in [6, 6.07) is 0. The highest BCUT2D eigenvalue weighted by molar-refractivity contribution is 5.40. The summed E-state index contributed by atoms with van der Waals surface area (Å²) >= 11 is 0. The third kappa shape index (κ3) is 3.22. The molecule has 4 heteroatoms. The van der Waals surface area contributed by atoms with Crippen molar-refractivity contribution in [2.75, 3.05) is 14.1 Å². The second-order valence-electron chi connectivity index (χ2n) is 8.78. The smallest absolute Gasteiger partial charge is 0.106 e. The average Bonchev–Trinajstić information content (AvgIpc) is 2.79. The Labute approximate surface area is 151 Å². The standard InChI is InChI=1S/C19H27FO2.C2H7N/c1-18-8-7-14-10-13-11-15(21)3-2-12(13)6-9-19(14,22)16(18)4-5-17(18)20;1-3-2/h7,10,12,15-17,21-22H,2-6,8-9,11H2,1H3;3H,1-2H3/t12?,15?,16?,17?,18?,19-;/m1./s1. The van der Waals surface area contributed by atoms with Crippen LogP contribution in [-0.4, -0.2) is 42.2 Å². The Hall–Kier alpha value is -0.710. The first-order valence-electron chi connectivity index (χ1n) is 9.89. The molecule has 0 amide bonds. The average molecular weight is 352 g/mol. The van der Waals surface area contributed by atoms with Crippen LogP contribution >= 0.6 is 0 Å². The summed E-state index contributed by atoms with van der Waals surface area (Å²) in [6.45, 7) is 2.02. The van der Waals surface area contributed by atoms with E-state index in [0.29, 0.717) is 12.3 Å². The summed E-state index contributed by atoms with van der Waals surface area (Å²) in [4.78, 5) is 0.